The standard InChI is InChI=1S/C17H24N4/c1-19-12-10-18-17(19)14-20(2)16-9-6-11-21(13-16)15-7-4-3-5-8-15/h3-5,7-8,10,12,16H,6,9,11,13-14H2,1-2H3/t16-/m0/s1. The Morgan fingerprint density at radius 1 is 1.29 bits per heavy atom. The van der Waals surface area contributed by atoms with Crippen molar-refractivity contribution in [3.05, 3.63) is 48.5 Å². The van der Waals surface area contributed by atoms with Crippen LogP contribution >= 0.6 is 0 Å². The maximum Gasteiger partial charge on any atom is 0.122 e. The zero-order chi connectivity index (χ0) is 14.7. The number of rotatable bonds is 4. The van der Waals surface area contributed by atoms with Crippen LogP contribution in [0.4, 0.5) is 5.69 Å². The van der Waals surface area contributed by atoms with E-state index in [0.717, 1.165) is 25.5 Å². The van der Waals surface area contributed by atoms with E-state index < -0.39 is 0 Å². The van der Waals surface area contributed by atoms with Crippen LogP contribution in [0.5, 0.6) is 0 Å². The highest BCUT2D eigenvalue weighted by molar-refractivity contribution is 5.46. The number of imidazole rings is 1. The van der Waals surface area contributed by atoms with Gasteiger partial charge in [-0.1, -0.05) is 18.2 Å². The van der Waals surface area contributed by atoms with Crippen molar-refractivity contribution in [1.29, 1.82) is 0 Å². The van der Waals surface area contributed by atoms with E-state index in [4.69, 9.17) is 0 Å². The first-order valence-electron chi connectivity index (χ1n) is 7.70. The highest BCUT2D eigenvalue weighted by Crippen LogP contribution is 2.22. The van der Waals surface area contributed by atoms with Crippen molar-refractivity contribution in [2.75, 3.05) is 25.0 Å². The number of likely N-dealkylation sites (N-methyl/N-ethyl adjacent to an activating group) is 1. The molecule has 0 aliphatic carbocycles. The molecule has 1 atom stereocenters. The third-order valence-electron chi connectivity index (χ3n) is 4.45. The smallest absolute Gasteiger partial charge is 0.122 e. The van der Waals surface area contributed by atoms with E-state index in [9.17, 15) is 0 Å². The molecule has 4 heteroatoms. The number of benzene rings is 1. The highest BCUT2D eigenvalue weighted by atomic mass is 15.2. The van der Waals surface area contributed by atoms with Crippen molar-refractivity contribution in [1.82, 2.24) is 14.5 Å². The lowest BCUT2D eigenvalue weighted by molar-refractivity contribution is 0.202. The molecule has 1 aromatic carbocycles. The molecule has 2 aromatic rings. The molecule has 1 saturated heterocycles. The first kappa shape index (κ1) is 14.1. The molecule has 0 spiro atoms. The summed E-state index contributed by atoms with van der Waals surface area (Å²) >= 11 is 0. The maximum absolute atomic E-state index is 4.44. The van der Waals surface area contributed by atoms with Gasteiger partial charge in [0, 0.05) is 44.3 Å². The summed E-state index contributed by atoms with van der Waals surface area (Å²) in [6, 6.07) is 11.3. The van der Waals surface area contributed by atoms with E-state index in [1.54, 1.807) is 0 Å². The quantitative estimate of drug-likeness (QED) is 0.862. The molecule has 0 saturated carbocycles. The molecule has 1 aromatic heterocycles. The summed E-state index contributed by atoms with van der Waals surface area (Å²) in [5.74, 6) is 1.13. The highest BCUT2D eigenvalue weighted by Gasteiger charge is 2.24. The Hall–Kier alpha value is -1.81. The van der Waals surface area contributed by atoms with Crippen molar-refractivity contribution in [2.45, 2.75) is 25.4 Å². The minimum absolute atomic E-state index is 0.593. The summed E-state index contributed by atoms with van der Waals surface area (Å²) < 4.78 is 2.11. The van der Waals surface area contributed by atoms with Gasteiger partial charge in [0.1, 0.15) is 5.82 Å². The van der Waals surface area contributed by atoms with Gasteiger partial charge in [-0.25, -0.2) is 4.98 Å². The molecule has 1 aliphatic heterocycles. The number of aromatic nitrogens is 2. The Labute approximate surface area is 127 Å². The monoisotopic (exact) mass is 284 g/mol. The largest absolute Gasteiger partial charge is 0.370 e. The van der Waals surface area contributed by atoms with E-state index in [2.05, 4.69) is 63.8 Å². The topological polar surface area (TPSA) is 24.3 Å². The summed E-state index contributed by atoms with van der Waals surface area (Å²) in [5, 5.41) is 0. The Morgan fingerprint density at radius 3 is 2.81 bits per heavy atom. The van der Waals surface area contributed by atoms with Crippen LogP contribution in [-0.4, -0.2) is 40.6 Å². The molecule has 0 N–H and O–H groups in total. The average molecular weight is 284 g/mol. The van der Waals surface area contributed by atoms with E-state index in [-0.39, 0.29) is 0 Å². The number of aryl methyl sites for hydroxylation is 1. The van der Waals surface area contributed by atoms with Crippen molar-refractivity contribution < 1.29 is 0 Å². The molecule has 1 fully saturated rings. The van der Waals surface area contributed by atoms with E-state index >= 15 is 0 Å². The lowest BCUT2D eigenvalue weighted by atomic mass is 10.0. The predicted molar refractivity (Wildman–Crippen MR) is 86.4 cm³/mol. The van der Waals surface area contributed by atoms with Gasteiger partial charge in [-0.15, -0.1) is 0 Å². The molecule has 21 heavy (non-hydrogen) atoms. The fraction of sp³-hybridized carbons (Fsp3) is 0.471. The fourth-order valence-electron chi connectivity index (χ4n) is 3.09. The summed E-state index contributed by atoms with van der Waals surface area (Å²) in [5.41, 5.74) is 1.34. The summed E-state index contributed by atoms with van der Waals surface area (Å²) in [4.78, 5) is 9.38. The lowest BCUT2D eigenvalue weighted by Gasteiger charge is -2.38. The van der Waals surface area contributed by atoms with Crippen molar-refractivity contribution in [3.8, 4) is 0 Å². The number of anilines is 1. The van der Waals surface area contributed by atoms with Crippen LogP contribution in [-0.2, 0) is 13.6 Å². The number of hydrogen-bond donors (Lipinski definition) is 0. The minimum atomic E-state index is 0.593. The van der Waals surface area contributed by atoms with Crippen LogP contribution in [0, 0.1) is 0 Å². The van der Waals surface area contributed by atoms with Crippen LogP contribution in [0.2, 0.25) is 0 Å². The third-order valence-corrected chi connectivity index (χ3v) is 4.45. The Morgan fingerprint density at radius 2 is 2.10 bits per heavy atom. The average Bonchev–Trinajstić information content (AvgIpc) is 2.93. The van der Waals surface area contributed by atoms with Gasteiger partial charge in [0.15, 0.2) is 0 Å². The van der Waals surface area contributed by atoms with Gasteiger partial charge in [0.05, 0.1) is 6.54 Å². The fourth-order valence-corrected chi connectivity index (χ4v) is 3.09. The zero-order valence-electron chi connectivity index (χ0n) is 12.9. The third kappa shape index (κ3) is 3.27. The molecule has 112 valence electrons. The first-order valence-corrected chi connectivity index (χ1v) is 7.70. The maximum atomic E-state index is 4.44. The molecular formula is C17H24N4. The van der Waals surface area contributed by atoms with E-state index in [1.165, 1.54) is 18.5 Å². The van der Waals surface area contributed by atoms with Crippen LogP contribution in [0.15, 0.2) is 42.7 Å². The zero-order valence-corrected chi connectivity index (χ0v) is 12.9. The van der Waals surface area contributed by atoms with E-state index in [0.29, 0.717) is 6.04 Å². The SMILES string of the molecule is CN(Cc1nccn1C)[C@H]1CCCN(c2ccccc2)C1. The summed E-state index contributed by atoms with van der Waals surface area (Å²) in [7, 11) is 4.28. The van der Waals surface area contributed by atoms with Crippen LogP contribution < -0.4 is 4.90 Å². The van der Waals surface area contributed by atoms with Gasteiger partial charge in [-0.05, 0) is 32.0 Å². The second kappa shape index (κ2) is 6.31. The van der Waals surface area contributed by atoms with Gasteiger partial charge in [0.25, 0.3) is 0 Å². The number of piperidine rings is 1. The molecule has 3 rings (SSSR count). The summed E-state index contributed by atoms with van der Waals surface area (Å²) in [6.45, 7) is 3.18. The second-order valence-corrected chi connectivity index (χ2v) is 5.95. The van der Waals surface area contributed by atoms with Crippen LogP contribution in [0.3, 0.4) is 0 Å². The predicted octanol–water partition coefficient (Wildman–Crippen LogP) is 2.52. The molecular weight excluding hydrogens is 260 g/mol. The molecule has 2 heterocycles. The Balaban J connectivity index is 1.64. The lowest BCUT2D eigenvalue weighted by Crippen LogP contribution is -2.46. The molecule has 0 radical (unpaired) electrons. The Kier molecular flexibility index (Phi) is 4.25. The van der Waals surface area contributed by atoms with Crippen LogP contribution in [0.1, 0.15) is 18.7 Å². The minimum Gasteiger partial charge on any atom is -0.370 e. The molecule has 0 bridgehead atoms. The number of hydrogen-bond acceptors (Lipinski definition) is 3. The number of para-hydroxylation sites is 1. The first-order chi connectivity index (χ1) is 10.2. The number of nitrogens with zero attached hydrogens (tertiary/aromatic N) is 4. The van der Waals surface area contributed by atoms with Gasteiger partial charge >= 0.3 is 0 Å². The van der Waals surface area contributed by atoms with Gasteiger partial charge in [0.2, 0.25) is 0 Å². The van der Waals surface area contributed by atoms with Gasteiger partial charge in [-0.2, -0.15) is 0 Å². The van der Waals surface area contributed by atoms with Crippen LogP contribution in [0.25, 0.3) is 0 Å². The molecule has 0 unspecified atom stereocenters. The second-order valence-electron chi connectivity index (χ2n) is 5.95. The van der Waals surface area contributed by atoms with Crippen molar-refractivity contribution in [3.63, 3.8) is 0 Å². The van der Waals surface area contributed by atoms with Gasteiger partial charge in [-0.3, -0.25) is 4.90 Å². The summed E-state index contributed by atoms with van der Waals surface area (Å²) in [6.07, 6.45) is 6.41. The van der Waals surface area contributed by atoms with Crippen molar-refractivity contribution in [2.24, 2.45) is 7.05 Å². The normalized spacial score (nSPS) is 19.2. The van der Waals surface area contributed by atoms with Crippen molar-refractivity contribution >= 4 is 5.69 Å². The molecule has 0 amide bonds. The van der Waals surface area contributed by atoms with E-state index in [1.807, 2.05) is 12.4 Å². The molecule has 4 nitrogen and oxygen atoms in total. The molecule has 1 aliphatic rings. The van der Waals surface area contributed by atoms with Gasteiger partial charge < -0.3 is 9.47 Å². The Bertz CT molecular complexity index is 563.